The van der Waals surface area contributed by atoms with Crippen LogP contribution in [0.25, 0.3) is 6.08 Å². The molecule has 0 unspecified atom stereocenters. The highest BCUT2D eigenvalue weighted by Gasteiger charge is 2.20. The number of carbonyl (C=O) groups is 1. The molecule has 5 nitrogen and oxygen atoms in total. The Labute approximate surface area is 127 Å². The van der Waals surface area contributed by atoms with Crippen LogP contribution in [-0.4, -0.2) is 37.7 Å². The van der Waals surface area contributed by atoms with Crippen molar-refractivity contribution >= 4 is 30.5 Å². The third-order valence-electron chi connectivity index (χ3n) is 2.80. The van der Waals surface area contributed by atoms with Crippen LogP contribution in [0.5, 0.6) is 0 Å². The first-order chi connectivity index (χ1) is 9.68. The van der Waals surface area contributed by atoms with E-state index in [1.165, 1.54) is 12.4 Å². The number of aromatic nitrogens is 2. The van der Waals surface area contributed by atoms with Gasteiger partial charge in [0.2, 0.25) is 0 Å². The summed E-state index contributed by atoms with van der Waals surface area (Å²) in [5, 5.41) is 3.90. The molecule has 21 heavy (non-hydrogen) atoms. The number of nitrogens with zero attached hydrogens (tertiary/aromatic N) is 2. The van der Waals surface area contributed by atoms with Crippen LogP contribution in [0.3, 0.4) is 0 Å². The number of rotatable bonds is 7. The predicted molar refractivity (Wildman–Crippen MR) is 88.4 cm³/mol. The minimum Gasteiger partial charge on any atom is -0.298 e. The van der Waals surface area contributed by atoms with E-state index in [-0.39, 0.29) is 5.75 Å². The van der Waals surface area contributed by atoms with E-state index in [2.05, 4.69) is 24.7 Å². The molecule has 1 aromatic rings. The van der Waals surface area contributed by atoms with Crippen molar-refractivity contribution in [1.82, 2.24) is 9.19 Å². The van der Waals surface area contributed by atoms with Crippen molar-refractivity contribution in [2.45, 2.75) is 32.6 Å². The van der Waals surface area contributed by atoms with Crippen LogP contribution in [0.1, 0.15) is 12.5 Å². The Kier molecular flexibility index (Phi) is 5.85. The minimum absolute atomic E-state index is 0.100. The van der Waals surface area contributed by atoms with Gasteiger partial charge in [0.15, 0.2) is 0 Å². The smallest absolute Gasteiger partial charge is 0.253 e. The van der Waals surface area contributed by atoms with Gasteiger partial charge in [-0.3, -0.25) is 4.79 Å². The molecule has 1 aromatic heterocycles. The second-order valence-electron chi connectivity index (χ2n) is 6.04. The van der Waals surface area contributed by atoms with E-state index < -0.39 is 18.1 Å². The molecule has 0 amide bonds. The fourth-order valence-electron chi connectivity index (χ4n) is 1.58. The summed E-state index contributed by atoms with van der Waals surface area (Å²) in [7, 11) is -4.85. The number of aldehydes is 1. The Morgan fingerprint density at radius 3 is 2.57 bits per heavy atom. The Bertz CT molecular complexity index is 652. The van der Waals surface area contributed by atoms with Crippen LogP contribution >= 0.6 is 0 Å². The summed E-state index contributed by atoms with van der Waals surface area (Å²) in [6, 6.07) is 0.693. The molecule has 0 spiro atoms. The van der Waals surface area contributed by atoms with Crippen LogP contribution in [0, 0.1) is 0 Å². The summed E-state index contributed by atoms with van der Waals surface area (Å²) in [6.07, 6.45) is 8.60. The molecule has 0 aliphatic heterocycles. The van der Waals surface area contributed by atoms with Crippen molar-refractivity contribution in [1.29, 1.82) is 0 Å². The van der Waals surface area contributed by atoms with Gasteiger partial charge in [0.05, 0.1) is 11.9 Å². The first-order valence-corrected chi connectivity index (χ1v) is 12.1. The van der Waals surface area contributed by atoms with E-state index in [1.54, 1.807) is 18.2 Å². The zero-order valence-electron chi connectivity index (χ0n) is 12.9. The third-order valence-corrected chi connectivity index (χ3v) is 6.41. The molecule has 0 aromatic carbocycles. The Hall–Kier alpha value is -1.47. The van der Waals surface area contributed by atoms with Crippen molar-refractivity contribution in [3.63, 3.8) is 0 Å². The standard InChI is InChI=1S/C14H22N2O3SSi/c1-5-6-13(12-17)9-14-10-15-16(11-14)20(18,19)7-8-21(2,3)4/h5-6,9-12H,7-8H2,1-4H3/b6-5+,13-9+. The van der Waals surface area contributed by atoms with Gasteiger partial charge in [0.1, 0.15) is 6.29 Å². The number of allylic oxidation sites excluding steroid dienone is 3. The molecule has 1 heterocycles. The van der Waals surface area contributed by atoms with Crippen LogP contribution in [-0.2, 0) is 14.8 Å². The van der Waals surface area contributed by atoms with Crippen LogP contribution in [0.4, 0.5) is 0 Å². The molecular formula is C14H22N2O3SSi. The first kappa shape index (κ1) is 17.6. The molecule has 0 atom stereocenters. The molecule has 116 valence electrons. The van der Waals surface area contributed by atoms with Crippen LogP contribution in [0.2, 0.25) is 25.7 Å². The molecule has 0 bridgehead atoms. The predicted octanol–water partition coefficient (Wildman–Crippen LogP) is 2.56. The molecule has 0 radical (unpaired) electrons. The Morgan fingerprint density at radius 2 is 2.05 bits per heavy atom. The lowest BCUT2D eigenvalue weighted by molar-refractivity contribution is -0.104. The average Bonchev–Trinajstić information content (AvgIpc) is 2.84. The topological polar surface area (TPSA) is 69.0 Å². The maximum atomic E-state index is 12.2. The van der Waals surface area contributed by atoms with Gasteiger partial charge in [-0.2, -0.15) is 9.19 Å². The lowest BCUT2D eigenvalue weighted by Crippen LogP contribution is -2.26. The maximum absolute atomic E-state index is 12.2. The van der Waals surface area contributed by atoms with Crippen molar-refractivity contribution in [2.24, 2.45) is 0 Å². The van der Waals surface area contributed by atoms with Gasteiger partial charge < -0.3 is 0 Å². The van der Waals surface area contributed by atoms with Crippen molar-refractivity contribution in [3.8, 4) is 0 Å². The van der Waals surface area contributed by atoms with Gasteiger partial charge in [-0.15, -0.1) is 0 Å². The van der Waals surface area contributed by atoms with E-state index >= 15 is 0 Å². The summed E-state index contributed by atoms with van der Waals surface area (Å²) in [6.45, 7) is 8.20. The zero-order valence-corrected chi connectivity index (χ0v) is 14.7. The van der Waals surface area contributed by atoms with Gasteiger partial charge >= 0.3 is 0 Å². The second-order valence-corrected chi connectivity index (χ2v) is 13.6. The van der Waals surface area contributed by atoms with Gasteiger partial charge in [-0.05, 0) is 19.0 Å². The van der Waals surface area contributed by atoms with Crippen molar-refractivity contribution in [2.75, 3.05) is 5.75 Å². The van der Waals surface area contributed by atoms with E-state index in [1.807, 2.05) is 6.92 Å². The molecule has 0 saturated carbocycles. The molecule has 0 saturated heterocycles. The summed E-state index contributed by atoms with van der Waals surface area (Å²) < 4.78 is 25.4. The summed E-state index contributed by atoms with van der Waals surface area (Å²) >= 11 is 0. The third kappa shape index (κ3) is 5.80. The molecule has 0 fully saturated rings. The van der Waals surface area contributed by atoms with Gasteiger partial charge in [-0.1, -0.05) is 31.8 Å². The molecule has 0 N–H and O–H groups in total. The molecule has 7 heteroatoms. The minimum atomic E-state index is -3.42. The maximum Gasteiger partial charge on any atom is 0.253 e. The van der Waals surface area contributed by atoms with Gasteiger partial charge in [0.25, 0.3) is 10.0 Å². The second kappa shape index (κ2) is 6.99. The lowest BCUT2D eigenvalue weighted by Gasteiger charge is -2.15. The van der Waals surface area contributed by atoms with Crippen molar-refractivity contribution < 1.29 is 13.2 Å². The normalized spacial score (nSPS) is 13.8. The summed E-state index contributed by atoms with van der Waals surface area (Å²) in [5.74, 6) is 0.100. The molecule has 0 aliphatic rings. The zero-order chi connectivity index (χ0) is 16.1. The number of carbonyl (C=O) groups excluding carboxylic acids is 1. The summed E-state index contributed by atoms with van der Waals surface area (Å²) in [5.41, 5.74) is 1.06. The molecule has 0 aliphatic carbocycles. The Balaban J connectivity index is 2.95. The molecule has 1 rings (SSSR count). The van der Waals surface area contributed by atoms with Crippen LogP contribution < -0.4 is 0 Å². The SMILES string of the molecule is C/C=C/C(C=O)=C\c1cnn(S(=O)(=O)CC[Si](C)(C)C)c1. The highest BCUT2D eigenvalue weighted by molar-refractivity contribution is 7.89. The fourth-order valence-corrected chi connectivity index (χ4v) is 5.72. The first-order valence-electron chi connectivity index (χ1n) is 6.75. The molecular weight excluding hydrogens is 304 g/mol. The van der Waals surface area contributed by atoms with Gasteiger partial charge in [-0.25, -0.2) is 8.42 Å². The fraction of sp³-hybridized carbons (Fsp3) is 0.429. The number of hydrogen-bond acceptors (Lipinski definition) is 4. The van der Waals surface area contributed by atoms with E-state index in [0.717, 1.165) is 10.4 Å². The lowest BCUT2D eigenvalue weighted by atomic mass is 10.2. The Morgan fingerprint density at radius 1 is 1.38 bits per heavy atom. The van der Waals surface area contributed by atoms with E-state index in [9.17, 15) is 13.2 Å². The highest BCUT2D eigenvalue weighted by atomic mass is 32.2. The van der Waals surface area contributed by atoms with Crippen LogP contribution in [0.15, 0.2) is 30.1 Å². The average molecular weight is 326 g/mol. The van der Waals surface area contributed by atoms with Crippen molar-refractivity contribution in [3.05, 3.63) is 35.7 Å². The highest BCUT2D eigenvalue weighted by Crippen LogP contribution is 2.13. The van der Waals surface area contributed by atoms with E-state index in [0.29, 0.717) is 17.2 Å². The summed E-state index contributed by atoms with van der Waals surface area (Å²) in [4.78, 5) is 10.9. The largest absolute Gasteiger partial charge is 0.298 e. The van der Waals surface area contributed by atoms with E-state index in [4.69, 9.17) is 0 Å². The monoisotopic (exact) mass is 326 g/mol. The van der Waals surface area contributed by atoms with Gasteiger partial charge in [0, 0.05) is 25.4 Å². The number of hydrogen-bond donors (Lipinski definition) is 0. The quantitative estimate of drug-likeness (QED) is 0.334.